The van der Waals surface area contributed by atoms with E-state index in [2.05, 4.69) is 5.32 Å². The van der Waals surface area contributed by atoms with E-state index in [1.54, 1.807) is 11.0 Å². The summed E-state index contributed by atoms with van der Waals surface area (Å²) in [4.78, 5) is 66.8. The average Bonchev–Trinajstić information content (AvgIpc) is 3.90. The molecule has 3 aromatic rings. The molecule has 2 saturated heterocycles. The quantitative estimate of drug-likeness (QED) is 0.124. The Morgan fingerprint density at radius 2 is 1.84 bits per heavy atom. The van der Waals surface area contributed by atoms with Crippen molar-refractivity contribution in [3.05, 3.63) is 28.6 Å². The van der Waals surface area contributed by atoms with Gasteiger partial charge >= 0.3 is 11.9 Å². The fraction of sp³-hybridized carbons (Fsp3) is 0.660. The molecule has 5 fully saturated rings. The number of carboxylic acid groups (broad SMARTS) is 1. The summed E-state index contributed by atoms with van der Waals surface area (Å²) in [6, 6.07) is 4.69. The Kier molecular flexibility index (Phi) is 12.9. The fourth-order valence-electron chi connectivity index (χ4n) is 10.0. The van der Waals surface area contributed by atoms with Crippen LogP contribution in [0.3, 0.4) is 0 Å². The number of nitrogens with zero attached hydrogens (tertiary/aromatic N) is 3. The number of benzene rings is 1. The first-order chi connectivity index (χ1) is 29.5. The maximum absolute atomic E-state index is 14.9. The van der Waals surface area contributed by atoms with Crippen molar-refractivity contribution < 1.29 is 43.2 Å². The van der Waals surface area contributed by atoms with Gasteiger partial charge in [0.15, 0.2) is 10.9 Å². The number of ether oxygens (including phenoxy) is 4. The molecule has 1 unspecified atom stereocenters. The van der Waals surface area contributed by atoms with E-state index in [9.17, 15) is 24.3 Å². The molecule has 62 heavy (non-hydrogen) atoms. The smallest absolute Gasteiger partial charge is 0.310 e. The van der Waals surface area contributed by atoms with Gasteiger partial charge in [0.25, 0.3) is 0 Å². The number of ketones is 1. The number of rotatable bonds is 17. The molecule has 2 aliphatic heterocycles. The summed E-state index contributed by atoms with van der Waals surface area (Å²) in [5, 5.41) is 17.2. The number of amides is 1. The van der Waals surface area contributed by atoms with Crippen LogP contribution in [0.25, 0.3) is 22.3 Å². The summed E-state index contributed by atoms with van der Waals surface area (Å²) in [5.41, 5.74) is -0.212. The number of esters is 1. The van der Waals surface area contributed by atoms with Gasteiger partial charge in [-0.15, -0.1) is 11.3 Å². The number of pyridine rings is 1. The number of halogens is 1. The lowest BCUT2D eigenvalue weighted by molar-refractivity contribution is -0.157. The molecule has 9 atom stereocenters. The van der Waals surface area contributed by atoms with E-state index in [1.807, 2.05) is 59.1 Å². The summed E-state index contributed by atoms with van der Waals surface area (Å²) in [7, 11) is 0. The Morgan fingerprint density at radius 3 is 2.50 bits per heavy atom. The van der Waals surface area contributed by atoms with Crippen molar-refractivity contribution in [2.24, 2.45) is 40.4 Å². The molecule has 3 saturated carbocycles. The molecule has 8 rings (SSSR count). The number of carbonyl (C=O) groups is 4. The molecule has 5 aliphatic rings. The Morgan fingerprint density at radius 1 is 1.06 bits per heavy atom. The summed E-state index contributed by atoms with van der Waals surface area (Å²) < 4.78 is 24.7. The van der Waals surface area contributed by atoms with Crippen molar-refractivity contribution in [2.45, 2.75) is 130 Å². The van der Waals surface area contributed by atoms with Crippen LogP contribution in [-0.2, 0) is 28.7 Å². The van der Waals surface area contributed by atoms with Gasteiger partial charge in [-0.05, 0) is 87.7 Å². The Hall–Kier alpha value is -4.01. The number of nitrogens with one attached hydrogen (secondary N) is 1. The van der Waals surface area contributed by atoms with Crippen LogP contribution in [0.5, 0.6) is 11.5 Å². The molecule has 0 spiro atoms. The van der Waals surface area contributed by atoms with E-state index in [0.29, 0.717) is 76.7 Å². The number of carbonyl (C=O) groups excluding carboxylic acids is 3. The Labute approximate surface area is 373 Å². The molecular formula is C47H61ClN4O9S. The van der Waals surface area contributed by atoms with Crippen molar-refractivity contribution in [1.29, 1.82) is 0 Å². The predicted octanol–water partition coefficient (Wildman–Crippen LogP) is 8.84. The van der Waals surface area contributed by atoms with E-state index in [-0.39, 0.29) is 61.5 Å². The minimum absolute atomic E-state index is 0.0524. The highest BCUT2D eigenvalue weighted by Gasteiger charge is 2.61. The van der Waals surface area contributed by atoms with E-state index in [0.717, 1.165) is 37.4 Å². The maximum atomic E-state index is 14.9. The van der Waals surface area contributed by atoms with Gasteiger partial charge in [0.05, 0.1) is 54.8 Å². The van der Waals surface area contributed by atoms with Gasteiger partial charge in [-0.25, -0.2) is 9.97 Å². The average molecular weight is 894 g/mol. The van der Waals surface area contributed by atoms with Gasteiger partial charge in [0.2, 0.25) is 5.91 Å². The molecule has 2 aromatic heterocycles. The van der Waals surface area contributed by atoms with Crippen LogP contribution in [0.15, 0.2) is 23.6 Å². The highest BCUT2D eigenvalue weighted by atomic mass is 35.5. The minimum Gasteiger partial charge on any atom is -0.492 e. The Bertz CT molecular complexity index is 2180. The van der Waals surface area contributed by atoms with Gasteiger partial charge < -0.3 is 34.3 Å². The highest BCUT2D eigenvalue weighted by Crippen LogP contribution is 2.58. The minimum atomic E-state index is -1.15. The highest BCUT2D eigenvalue weighted by molar-refractivity contribution is 7.14. The zero-order chi connectivity index (χ0) is 44.1. The lowest BCUT2D eigenvalue weighted by Crippen LogP contribution is -2.48. The maximum Gasteiger partial charge on any atom is 0.310 e. The summed E-state index contributed by atoms with van der Waals surface area (Å²) in [5.74, 6) is -0.517. The molecule has 4 heterocycles. The molecule has 336 valence electrons. The van der Waals surface area contributed by atoms with Crippen molar-refractivity contribution in [2.75, 3.05) is 31.7 Å². The first kappa shape index (κ1) is 44.6. The molecule has 0 radical (unpaired) electrons. The second kappa shape index (κ2) is 17.9. The number of carboxylic acids is 1. The monoisotopic (exact) mass is 892 g/mol. The number of aliphatic carboxylic acids is 1. The van der Waals surface area contributed by atoms with Gasteiger partial charge in [-0.3, -0.25) is 19.2 Å². The van der Waals surface area contributed by atoms with Gasteiger partial charge in [-0.2, -0.15) is 0 Å². The number of likely N-dealkylation sites (tertiary alicyclic amines) is 1. The van der Waals surface area contributed by atoms with Crippen molar-refractivity contribution >= 4 is 62.6 Å². The molecule has 15 heteroatoms. The predicted molar refractivity (Wildman–Crippen MR) is 237 cm³/mol. The molecule has 1 aromatic carbocycles. The van der Waals surface area contributed by atoms with Gasteiger partial charge in [-0.1, -0.05) is 45.7 Å². The topological polar surface area (TPSA) is 166 Å². The van der Waals surface area contributed by atoms with Crippen LogP contribution in [0.1, 0.15) is 106 Å². The van der Waals surface area contributed by atoms with Crippen LogP contribution in [0.2, 0.25) is 5.02 Å². The number of thiazole rings is 1. The molecule has 13 nitrogen and oxygen atoms in total. The number of aromatic nitrogens is 2. The molecular weight excluding hydrogens is 832 g/mol. The van der Waals surface area contributed by atoms with Crippen molar-refractivity contribution in [1.82, 2.24) is 14.9 Å². The third-order valence-electron chi connectivity index (χ3n) is 13.8. The first-order valence-corrected chi connectivity index (χ1v) is 23.8. The van der Waals surface area contributed by atoms with Crippen LogP contribution < -0.4 is 14.8 Å². The SMILES string of the molecule is CC[C@@H]1C[C@]1(CC(=O)[C@@H]1C[C@@H](Oc2cc(-c3csc(NC(C)C)n3)nc3c(Cl)c(OC[C@@H]4CCCOC4)ccc23)CN1C(=O)[C@@H](CC(=O)OC1C[C@@H]2C[C@@H]2C1)C(C)(C)C)C(=O)O. The zero-order valence-corrected chi connectivity index (χ0v) is 38.3. The van der Waals surface area contributed by atoms with Crippen LogP contribution in [-0.4, -0.2) is 94.3 Å². The number of Topliss-reactive ketones (excluding diaryl/α,β-unsaturated/α-hetero) is 1. The first-order valence-electron chi connectivity index (χ1n) is 22.5. The Balaban J connectivity index is 1.10. The second-order valence-electron chi connectivity index (χ2n) is 19.9. The van der Waals surface area contributed by atoms with Crippen LogP contribution >= 0.6 is 22.9 Å². The summed E-state index contributed by atoms with van der Waals surface area (Å²) in [6.45, 7) is 13.6. The second-order valence-corrected chi connectivity index (χ2v) is 21.1. The van der Waals surface area contributed by atoms with Gasteiger partial charge in [0.1, 0.15) is 34.4 Å². The number of fused-ring (bicyclic) bond motifs is 2. The lowest BCUT2D eigenvalue weighted by Gasteiger charge is -2.35. The van der Waals surface area contributed by atoms with Crippen molar-refractivity contribution in [3.63, 3.8) is 0 Å². The van der Waals surface area contributed by atoms with Crippen molar-refractivity contribution in [3.8, 4) is 22.9 Å². The molecule has 2 N–H and O–H groups in total. The van der Waals surface area contributed by atoms with Gasteiger partial charge in [0, 0.05) is 48.2 Å². The third kappa shape index (κ3) is 9.57. The lowest BCUT2D eigenvalue weighted by atomic mass is 9.77. The number of hydrogen-bond acceptors (Lipinski definition) is 12. The van der Waals surface area contributed by atoms with E-state index in [1.165, 1.54) is 17.8 Å². The number of anilines is 1. The normalized spacial score (nSPS) is 28.4. The summed E-state index contributed by atoms with van der Waals surface area (Å²) >= 11 is 8.58. The zero-order valence-electron chi connectivity index (χ0n) is 36.7. The molecule has 3 aliphatic carbocycles. The fourth-order valence-corrected chi connectivity index (χ4v) is 11.1. The third-order valence-corrected chi connectivity index (χ3v) is 15.0. The standard InChI is InChI=1S/C47H61ClN4O9S/c1-7-29-19-47(29,44(56)57)20-37(53)36-16-31(21-52(36)43(55)33(46(4,5)6)17-40(54)61-30-14-27-13-28(27)15-30)60-39-18-34(35-24-62-45(51-35)49-25(2)3)50-42-32(39)10-11-38(41(42)48)59-23-26-9-8-12-58-22-26/h10-11,18,24-31,33,36H,7-9,12-17,19-23H2,1-6H3,(H,49,51)(H,56,57)/t26-,27-,28+,29-,30?,31-,33-,36+,47-/m1/s1. The number of hydrogen-bond donors (Lipinski definition) is 2. The van der Waals surface area contributed by atoms with E-state index in [4.69, 9.17) is 40.5 Å². The molecule has 0 bridgehead atoms. The van der Waals surface area contributed by atoms with E-state index >= 15 is 0 Å². The van der Waals surface area contributed by atoms with Crippen LogP contribution in [0, 0.1) is 40.4 Å². The van der Waals surface area contributed by atoms with E-state index < -0.39 is 40.8 Å². The summed E-state index contributed by atoms with van der Waals surface area (Å²) in [6.07, 6.45) is 5.04. The molecule has 1 amide bonds. The largest absolute Gasteiger partial charge is 0.492 e. The van der Waals surface area contributed by atoms with Crippen LogP contribution in [0.4, 0.5) is 5.13 Å².